The van der Waals surface area contributed by atoms with Crippen LogP contribution in [0.2, 0.25) is 5.02 Å². The minimum absolute atomic E-state index is 0.0226. The van der Waals surface area contributed by atoms with Gasteiger partial charge in [0.15, 0.2) is 0 Å². The highest BCUT2D eigenvalue weighted by Gasteiger charge is 2.34. The second-order valence-electron chi connectivity index (χ2n) is 8.12. The van der Waals surface area contributed by atoms with Crippen LogP contribution in [0, 0.1) is 6.92 Å². The minimum atomic E-state index is -1.31. The van der Waals surface area contributed by atoms with Gasteiger partial charge in [0.2, 0.25) is 5.43 Å². The largest absolute Gasteiger partial charge is 0.507 e. The maximum absolute atomic E-state index is 13.4. The van der Waals surface area contributed by atoms with Gasteiger partial charge in [-0.25, -0.2) is 0 Å². The zero-order valence-corrected chi connectivity index (χ0v) is 17.9. The number of halogens is 1. The molecule has 0 bridgehead atoms. The standard InChI is InChI=1S/C23H24ClNO6/c1-11-18(21(29)12-4-3-5-13(24)8-12)22(30)20-16(27)9-15(26)19(23(20)31-11)14-6-7-25(2)10-17(14)28/h3-5,8-9,14,17,21,26-29H,6-7,10H2,1-2H3. The number of piperidine rings is 1. The van der Waals surface area contributed by atoms with Gasteiger partial charge in [-0.1, -0.05) is 23.7 Å². The third-order valence-corrected chi connectivity index (χ3v) is 6.21. The van der Waals surface area contributed by atoms with E-state index in [1.807, 2.05) is 11.9 Å². The maximum atomic E-state index is 13.4. The summed E-state index contributed by atoms with van der Waals surface area (Å²) in [7, 11) is 1.89. The molecular formula is C23H24ClNO6. The highest BCUT2D eigenvalue weighted by atomic mass is 35.5. The van der Waals surface area contributed by atoms with Crippen LogP contribution in [0.5, 0.6) is 11.5 Å². The fourth-order valence-corrected chi connectivity index (χ4v) is 4.62. The van der Waals surface area contributed by atoms with E-state index in [9.17, 15) is 25.2 Å². The van der Waals surface area contributed by atoms with Crippen molar-refractivity contribution >= 4 is 22.6 Å². The lowest BCUT2D eigenvalue weighted by Gasteiger charge is -2.34. The molecule has 1 fully saturated rings. The summed E-state index contributed by atoms with van der Waals surface area (Å²) >= 11 is 6.02. The lowest BCUT2D eigenvalue weighted by atomic mass is 9.85. The van der Waals surface area contributed by atoms with E-state index in [-0.39, 0.29) is 33.6 Å². The number of hydrogen-bond donors (Lipinski definition) is 4. The predicted octanol–water partition coefficient (Wildman–Crippen LogP) is 3.03. The fourth-order valence-electron chi connectivity index (χ4n) is 4.42. The first-order valence-electron chi connectivity index (χ1n) is 10.0. The summed E-state index contributed by atoms with van der Waals surface area (Å²) in [6.45, 7) is 2.64. The van der Waals surface area contributed by atoms with E-state index < -0.39 is 29.3 Å². The molecule has 31 heavy (non-hydrogen) atoms. The number of rotatable bonds is 3. The number of hydrogen-bond acceptors (Lipinski definition) is 7. The van der Waals surface area contributed by atoms with Crippen molar-refractivity contribution in [3.05, 3.63) is 68.0 Å². The number of nitrogens with zero attached hydrogens (tertiary/aromatic N) is 1. The molecule has 1 aromatic heterocycles. The average Bonchev–Trinajstić information content (AvgIpc) is 2.68. The van der Waals surface area contributed by atoms with Crippen molar-refractivity contribution < 1.29 is 24.8 Å². The van der Waals surface area contributed by atoms with Crippen LogP contribution in [-0.2, 0) is 0 Å². The van der Waals surface area contributed by atoms with Gasteiger partial charge in [0.05, 0.1) is 11.7 Å². The Morgan fingerprint density at radius 1 is 1.23 bits per heavy atom. The molecule has 4 N–H and O–H groups in total. The van der Waals surface area contributed by atoms with Crippen LogP contribution >= 0.6 is 11.6 Å². The Morgan fingerprint density at radius 3 is 2.65 bits per heavy atom. The number of fused-ring (bicyclic) bond motifs is 1. The van der Waals surface area contributed by atoms with Gasteiger partial charge >= 0.3 is 0 Å². The van der Waals surface area contributed by atoms with Crippen LogP contribution in [0.3, 0.4) is 0 Å². The molecule has 3 unspecified atom stereocenters. The SMILES string of the molecule is Cc1oc2c(C3CCN(C)CC3O)c(O)cc(O)c2c(=O)c1C(O)c1cccc(Cl)c1. The summed E-state index contributed by atoms with van der Waals surface area (Å²) < 4.78 is 5.93. The number of phenolic OH excluding ortho intramolecular Hbond substituents is 2. The van der Waals surface area contributed by atoms with Crippen molar-refractivity contribution in [1.29, 1.82) is 0 Å². The Morgan fingerprint density at radius 2 is 1.97 bits per heavy atom. The van der Waals surface area contributed by atoms with E-state index in [0.717, 1.165) is 6.07 Å². The van der Waals surface area contributed by atoms with E-state index in [0.29, 0.717) is 30.1 Å². The first-order valence-corrected chi connectivity index (χ1v) is 10.4. The Balaban J connectivity index is 1.93. The molecule has 1 saturated heterocycles. The molecule has 0 spiro atoms. The van der Waals surface area contributed by atoms with Gasteiger partial charge in [0, 0.05) is 29.1 Å². The van der Waals surface area contributed by atoms with Crippen LogP contribution in [0.1, 0.15) is 40.9 Å². The summed E-state index contributed by atoms with van der Waals surface area (Å²) in [5.74, 6) is -1.01. The Bertz CT molecular complexity index is 1210. The summed E-state index contributed by atoms with van der Waals surface area (Å²) in [4.78, 5) is 15.4. The van der Waals surface area contributed by atoms with E-state index >= 15 is 0 Å². The number of likely N-dealkylation sites (tertiary alicyclic amines) is 1. The fraction of sp³-hybridized carbons (Fsp3) is 0.348. The molecule has 0 radical (unpaired) electrons. The highest BCUT2D eigenvalue weighted by molar-refractivity contribution is 6.30. The van der Waals surface area contributed by atoms with Gasteiger partial charge in [-0.05, 0) is 44.6 Å². The molecule has 0 saturated carbocycles. The lowest BCUT2D eigenvalue weighted by molar-refractivity contribution is 0.0630. The molecule has 1 aliphatic heterocycles. The first-order chi connectivity index (χ1) is 14.7. The van der Waals surface area contributed by atoms with Crippen molar-refractivity contribution in [2.75, 3.05) is 20.1 Å². The molecule has 3 atom stereocenters. The summed E-state index contributed by atoms with van der Waals surface area (Å²) in [5, 5.41) is 42.8. The van der Waals surface area contributed by atoms with Crippen molar-refractivity contribution in [3.63, 3.8) is 0 Å². The molecule has 2 heterocycles. The Labute approximate surface area is 183 Å². The van der Waals surface area contributed by atoms with Gasteiger partial charge < -0.3 is 29.7 Å². The van der Waals surface area contributed by atoms with Gasteiger partial charge in [-0.2, -0.15) is 0 Å². The number of phenols is 2. The molecule has 7 nitrogen and oxygen atoms in total. The monoisotopic (exact) mass is 445 g/mol. The number of aromatic hydroxyl groups is 2. The topological polar surface area (TPSA) is 114 Å². The van der Waals surface area contributed by atoms with Crippen molar-refractivity contribution in [3.8, 4) is 11.5 Å². The number of aliphatic hydroxyl groups is 2. The molecular weight excluding hydrogens is 422 g/mol. The van der Waals surface area contributed by atoms with Crippen molar-refractivity contribution in [2.24, 2.45) is 0 Å². The minimum Gasteiger partial charge on any atom is -0.507 e. The van der Waals surface area contributed by atoms with Crippen LogP contribution < -0.4 is 5.43 Å². The third kappa shape index (κ3) is 3.78. The third-order valence-electron chi connectivity index (χ3n) is 5.98. The molecule has 1 aliphatic rings. The smallest absolute Gasteiger partial charge is 0.202 e. The van der Waals surface area contributed by atoms with E-state index in [2.05, 4.69) is 0 Å². The summed E-state index contributed by atoms with van der Waals surface area (Å²) in [6, 6.07) is 7.59. The van der Waals surface area contributed by atoms with Gasteiger partial charge in [-0.15, -0.1) is 0 Å². The van der Waals surface area contributed by atoms with Gasteiger partial charge in [0.25, 0.3) is 0 Å². The van der Waals surface area contributed by atoms with Gasteiger partial charge in [-0.3, -0.25) is 4.79 Å². The summed E-state index contributed by atoms with van der Waals surface area (Å²) in [6.07, 6.45) is -1.55. The van der Waals surface area contributed by atoms with Crippen molar-refractivity contribution in [1.82, 2.24) is 4.90 Å². The highest BCUT2D eigenvalue weighted by Crippen LogP contribution is 2.42. The normalized spacial score (nSPS) is 20.8. The van der Waals surface area contributed by atoms with Crippen LogP contribution in [0.4, 0.5) is 0 Å². The molecule has 3 aromatic rings. The number of benzene rings is 2. The van der Waals surface area contributed by atoms with E-state index in [4.69, 9.17) is 16.0 Å². The zero-order chi connectivity index (χ0) is 22.4. The number of aryl methyl sites for hydroxylation is 1. The zero-order valence-electron chi connectivity index (χ0n) is 17.2. The molecule has 4 rings (SSSR count). The predicted molar refractivity (Wildman–Crippen MR) is 117 cm³/mol. The van der Waals surface area contributed by atoms with Crippen molar-refractivity contribution in [2.45, 2.75) is 31.5 Å². The number of β-amino-alcohol motifs (C(OH)–C–C–N with tert-alkyl or cyclic N) is 1. The average molecular weight is 446 g/mol. The Kier molecular flexibility index (Phi) is 5.70. The second-order valence-corrected chi connectivity index (χ2v) is 8.55. The van der Waals surface area contributed by atoms with E-state index in [1.54, 1.807) is 31.2 Å². The first kappa shape index (κ1) is 21.6. The molecule has 164 valence electrons. The van der Waals surface area contributed by atoms with Crippen LogP contribution in [-0.4, -0.2) is 51.6 Å². The molecule has 0 amide bonds. The second kappa shape index (κ2) is 8.16. The molecule has 8 heteroatoms. The Hall–Kier alpha value is -2.58. The van der Waals surface area contributed by atoms with Crippen LogP contribution in [0.15, 0.2) is 39.5 Å². The summed E-state index contributed by atoms with van der Waals surface area (Å²) in [5.41, 5.74) is 0.0950. The lowest BCUT2D eigenvalue weighted by Crippen LogP contribution is -2.40. The van der Waals surface area contributed by atoms with Gasteiger partial charge in [0.1, 0.15) is 34.3 Å². The quantitative estimate of drug-likeness (QED) is 0.490. The molecule has 0 aliphatic carbocycles. The maximum Gasteiger partial charge on any atom is 0.202 e. The molecule has 2 aromatic carbocycles. The number of likely N-dealkylation sites (N-methyl/N-ethyl adjacent to an activating group) is 1. The van der Waals surface area contributed by atoms with Crippen LogP contribution in [0.25, 0.3) is 11.0 Å². The number of aliphatic hydroxyl groups excluding tert-OH is 2. The van der Waals surface area contributed by atoms with E-state index in [1.165, 1.54) is 0 Å².